The molecule has 0 saturated carbocycles. The van der Waals surface area contributed by atoms with Crippen LogP contribution in [0.3, 0.4) is 0 Å². The number of aliphatic hydroxyl groups is 1. The summed E-state index contributed by atoms with van der Waals surface area (Å²) in [5.41, 5.74) is 5.45. The Kier molecular flexibility index (Phi) is 5.54. The third-order valence-electron chi connectivity index (χ3n) is 3.68. The summed E-state index contributed by atoms with van der Waals surface area (Å²) in [5, 5.41) is 18.7. The van der Waals surface area contributed by atoms with Gasteiger partial charge in [-0.3, -0.25) is 9.69 Å². The first-order chi connectivity index (χ1) is 9.58. The summed E-state index contributed by atoms with van der Waals surface area (Å²) in [6, 6.07) is 2.48. The van der Waals surface area contributed by atoms with E-state index in [9.17, 15) is 9.90 Å². The third kappa shape index (κ3) is 4.02. The van der Waals surface area contributed by atoms with E-state index in [1.54, 1.807) is 6.07 Å². The van der Waals surface area contributed by atoms with E-state index in [-0.39, 0.29) is 0 Å². The fourth-order valence-electron chi connectivity index (χ4n) is 2.47. The lowest BCUT2D eigenvalue weighted by Gasteiger charge is -2.18. The summed E-state index contributed by atoms with van der Waals surface area (Å²) in [7, 11) is 0. The van der Waals surface area contributed by atoms with Crippen molar-refractivity contribution in [2.24, 2.45) is 5.73 Å². The topological polar surface area (TPSA) is 86.8 Å². The maximum absolute atomic E-state index is 10.8. The van der Waals surface area contributed by atoms with Crippen LogP contribution in [-0.4, -0.2) is 40.2 Å². The number of carboxylic acids is 1. The molecular weight excluding hydrogens is 276 g/mol. The van der Waals surface area contributed by atoms with Crippen molar-refractivity contribution in [3.05, 3.63) is 21.9 Å². The van der Waals surface area contributed by atoms with Gasteiger partial charge in [0.1, 0.15) is 12.1 Å². The molecule has 5 nitrogen and oxygen atoms in total. The zero-order valence-corrected chi connectivity index (χ0v) is 12.3. The lowest BCUT2D eigenvalue weighted by molar-refractivity contribution is -0.141. The van der Waals surface area contributed by atoms with E-state index in [0.29, 0.717) is 4.88 Å². The van der Waals surface area contributed by atoms with Gasteiger partial charge in [-0.05, 0) is 38.1 Å². The molecule has 0 spiro atoms. The monoisotopic (exact) mass is 298 g/mol. The number of likely N-dealkylation sites (tertiary alicyclic amines) is 1. The SMILES string of the molecule is NC(C(=O)O)C(O)c1ccc(CN2CCCCCC2)s1. The molecule has 2 unspecified atom stereocenters. The number of hydrogen-bond donors (Lipinski definition) is 3. The van der Waals surface area contributed by atoms with E-state index >= 15 is 0 Å². The molecule has 1 aliphatic heterocycles. The second-order valence-electron chi connectivity index (χ2n) is 5.30. The fourth-order valence-corrected chi connectivity index (χ4v) is 3.55. The van der Waals surface area contributed by atoms with Crippen molar-refractivity contribution in [1.29, 1.82) is 0 Å². The Labute approximate surface area is 123 Å². The molecule has 1 fully saturated rings. The van der Waals surface area contributed by atoms with Crippen molar-refractivity contribution in [2.75, 3.05) is 13.1 Å². The third-order valence-corrected chi connectivity index (χ3v) is 4.82. The summed E-state index contributed by atoms with van der Waals surface area (Å²) in [5.74, 6) is -1.18. The predicted molar refractivity (Wildman–Crippen MR) is 78.6 cm³/mol. The van der Waals surface area contributed by atoms with E-state index in [1.807, 2.05) is 6.07 Å². The van der Waals surface area contributed by atoms with Gasteiger partial charge in [-0.15, -0.1) is 11.3 Å². The number of nitrogens with two attached hydrogens (primary N) is 1. The molecule has 0 radical (unpaired) electrons. The number of thiophene rings is 1. The predicted octanol–water partition coefficient (Wildman–Crippen LogP) is 1.57. The minimum Gasteiger partial charge on any atom is -0.480 e. The first-order valence-electron chi connectivity index (χ1n) is 7.05. The van der Waals surface area contributed by atoms with E-state index in [4.69, 9.17) is 10.8 Å². The van der Waals surface area contributed by atoms with Crippen LogP contribution >= 0.6 is 11.3 Å². The minimum absolute atomic E-state index is 0.629. The molecule has 2 rings (SSSR count). The maximum Gasteiger partial charge on any atom is 0.323 e. The smallest absolute Gasteiger partial charge is 0.323 e. The molecule has 1 aromatic heterocycles. The molecule has 20 heavy (non-hydrogen) atoms. The number of hydrogen-bond acceptors (Lipinski definition) is 5. The van der Waals surface area contributed by atoms with Gasteiger partial charge in [0.15, 0.2) is 0 Å². The summed E-state index contributed by atoms with van der Waals surface area (Å²) < 4.78 is 0. The molecule has 1 aliphatic rings. The molecule has 1 aromatic rings. The highest BCUT2D eigenvalue weighted by molar-refractivity contribution is 7.12. The summed E-state index contributed by atoms with van der Waals surface area (Å²) >= 11 is 1.45. The highest BCUT2D eigenvalue weighted by atomic mass is 32.1. The first-order valence-corrected chi connectivity index (χ1v) is 7.87. The lowest BCUT2D eigenvalue weighted by Crippen LogP contribution is -2.36. The van der Waals surface area contributed by atoms with Crippen LogP contribution in [0.25, 0.3) is 0 Å². The van der Waals surface area contributed by atoms with Crippen LogP contribution in [0.2, 0.25) is 0 Å². The van der Waals surface area contributed by atoms with Gasteiger partial charge in [0.2, 0.25) is 0 Å². The number of carbonyl (C=O) groups is 1. The minimum atomic E-state index is -1.26. The highest BCUT2D eigenvalue weighted by Crippen LogP contribution is 2.26. The molecule has 0 bridgehead atoms. The molecule has 2 atom stereocenters. The average molecular weight is 298 g/mol. The van der Waals surface area contributed by atoms with E-state index < -0.39 is 18.1 Å². The zero-order chi connectivity index (χ0) is 14.5. The van der Waals surface area contributed by atoms with Crippen molar-refractivity contribution >= 4 is 17.3 Å². The fraction of sp³-hybridized carbons (Fsp3) is 0.643. The van der Waals surface area contributed by atoms with E-state index in [1.165, 1.54) is 37.0 Å². The maximum atomic E-state index is 10.8. The number of aliphatic hydroxyl groups excluding tert-OH is 1. The second kappa shape index (κ2) is 7.17. The molecule has 112 valence electrons. The van der Waals surface area contributed by atoms with Crippen LogP contribution in [0.15, 0.2) is 12.1 Å². The van der Waals surface area contributed by atoms with Crippen LogP contribution in [0, 0.1) is 0 Å². The molecule has 6 heteroatoms. The van der Waals surface area contributed by atoms with Gasteiger partial charge in [0.05, 0.1) is 0 Å². The van der Waals surface area contributed by atoms with Crippen LogP contribution in [0.4, 0.5) is 0 Å². The van der Waals surface area contributed by atoms with Gasteiger partial charge in [0, 0.05) is 16.3 Å². The van der Waals surface area contributed by atoms with Crippen LogP contribution < -0.4 is 5.73 Å². The summed E-state index contributed by atoms with van der Waals surface area (Å²) in [6.45, 7) is 3.11. The van der Waals surface area contributed by atoms with Gasteiger partial charge in [-0.1, -0.05) is 12.8 Å². The molecule has 0 aromatic carbocycles. The molecule has 0 aliphatic carbocycles. The molecule has 4 N–H and O–H groups in total. The summed E-state index contributed by atoms with van der Waals surface area (Å²) in [4.78, 5) is 15.0. The van der Waals surface area contributed by atoms with Gasteiger partial charge in [-0.25, -0.2) is 0 Å². The van der Waals surface area contributed by atoms with Crippen molar-refractivity contribution < 1.29 is 15.0 Å². The van der Waals surface area contributed by atoms with Gasteiger partial charge < -0.3 is 15.9 Å². The normalized spacial score (nSPS) is 20.3. The molecule has 1 saturated heterocycles. The standard InChI is InChI=1S/C14H22N2O3S/c15-12(14(18)19)13(17)11-6-5-10(20-11)9-16-7-3-1-2-4-8-16/h5-6,12-13,17H,1-4,7-9,15H2,(H,18,19). The highest BCUT2D eigenvalue weighted by Gasteiger charge is 2.25. The van der Waals surface area contributed by atoms with Crippen LogP contribution in [-0.2, 0) is 11.3 Å². The Hall–Kier alpha value is -0.950. The van der Waals surface area contributed by atoms with Gasteiger partial charge >= 0.3 is 5.97 Å². The Balaban J connectivity index is 1.96. The Morgan fingerprint density at radius 1 is 1.30 bits per heavy atom. The van der Waals surface area contributed by atoms with Crippen molar-refractivity contribution in [1.82, 2.24) is 4.90 Å². The van der Waals surface area contributed by atoms with Crippen LogP contribution in [0.5, 0.6) is 0 Å². The largest absolute Gasteiger partial charge is 0.480 e. The number of nitrogens with zero attached hydrogens (tertiary/aromatic N) is 1. The Morgan fingerprint density at radius 3 is 2.55 bits per heavy atom. The number of rotatable bonds is 5. The molecule has 2 heterocycles. The average Bonchev–Trinajstić information content (AvgIpc) is 2.73. The van der Waals surface area contributed by atoms with Crippen molar-refractivity contribution in [2.45, 2.75) is 44.4 Å². The van der Waals surface area contributed by atoms with E-state index in [0.717, 1.165) is 24.5 Å². The number of aliphatic carboxylic acids is 1. The Bertz CT molecular complexity index is 441. The number of carboxylic acid groups (broad SMARTS) is 1. The Morgan fingerprint density at radius 2 is 1.95 bits per heavy atom. The van der Waals surface area contributed by atoms with Crippen LogP contribution in [0.1, 0.15) is 41.5 Å². The van der Waals surface area contributed by atoms with E-state index in [2.05, 4.69) is 4.90 Å². The van der Waals surface area contributed by atoms with Crippen molar-refractivity contribution in [3.8, 4) is 0 Å². The van der Waals surface area contributed by atoms with Crippen molar-refractivity contribution in [3.63, 3.8) is 0 Å². The molecule has 0 amide bonds. The molecular formula is C14H22N2O3S. The summed E-state index contributed by atoms with van der Waals surface area (Å²) in [6.07, 6.45) is 3.96. The first kappa shape index (κ1) is 15.4. The van der Waals surface area contributed by atoms with Gasteiger partial charge in [-0.2, -0.15) is 0 Å². The zero-order valence-electron chi connectivity index (χ0n) is 11.5. The lowest BCUT2D eigenvalue weighted by atomic mass is 10.1. The van der Waals surface area contributed by atoms with Gasteiger partial charge in [0.25, 0.3) is 0 Å². The quantitative estimate of drug-likeness (QED) is 0.768. The second-order valence-corrected chi connectivity index (χ2v) is 6.50.